The minimum absolute atomic E-state index is 0.0372. The molecule has 1 aliphatic rings. The summed E-state index contributed by atoms with van der Waals surface area (Å²) in [4.78, 5) is 23.1. The van der Waals surface area contributed by atoms with Crippen molar-refractivity contribution in [3.05, 3.63) is 0 Å². The van der Waals surface area contributed by atoms with Gasteiger partial charge in [0.2, 0.25) is 0 Å². The summed E-state index contributed by atoms with van der Waals surface area (Å²) >= 11 is 0. The van der Waals surface area contributed by atoms with E-state index in [-0.39, 0.29) is 18.6 Å². The number of hydrogen-bond acceptors (Lipinski definition) is 3. The molecule has 0 radical (unpaired) electrons. The molecule has 0 bridgehead atoms. The first kappa shape index (κ1) is 16.9. The normalized spacial score (nSPS) is 23.1. The lowest BCUT2D eigenvalue weighted by Gasteiger charge is -2.28. The van der Waals surface area contributed by atoms with E-state index in [2.05, 4.69) is 10.6 Å². The molecule has 0 spiro atoms. The van der Waals surface area contributed by atoms with E-state index in [1.807, 2.05) is 13.8 Å². The van der Waals surface area contributed by atoms with E-state index in [9.17, 15) is 18.9 Å². The van der Waals surface area contributed by atoms with E-state index in [0.717, 1.165) is 0 Å². The number of carbonyl (C=O) groups is 2. The van der Waals surface area contributed by atoms with Gasteiger partial charge in [0.1, 0.15) is 0 Å². The Morgan fingerprint density at radius 2 is 1.80 bits per heavy atom. The van der Waals surface area contributed by atoms with Crippen LogP contribution >= 0.6 is 0 Å². The number of rotatable bonds is 6. The van der Waals surface area contributed by atoms with Crippen LogP contribution < -0.4 is 10.6 Å². The lowest BCUT2D eigenvalue weighted by Crippen LogP contribution is -2.49. The summed E-state index contributed by atoms with van der Waals surface area (Å²) in [6.07, 6.45) is 2.38. The van der Waals surface area contributed by atoms with Gasteiger partial charge in [0.15, 0.2) is 0 Å². The second-order valence-corrected chi connectivity index (χ2v) is 6.94. The van der Waals surface area contributed by atoms with E-state index >= 15 is 0 Å². The molecule has 6 nitrogen and oxygen atoms in total. The van der Waals surface area contributed by atoms with Gasteiger partial charge < -0.3 is 15.7 Å². The molecule has 0 aromatic heterocycles. The second-order valence-electron chi connectivity index (χ2n) is 5.24. The predicted octanol–water partition coefficient (Wildman–Crippen LogP) is 1.09. The standard InChI is InChI=1S/C13H24N2O4S/c1-3-13(4-2,11(16)17)9-14-12(18)15-10-5-7-20(19)8-6-10/h10H,3-9H2,1-2H3,(H,16,17)(H2,14,15,18). The first-order valence-electron chi connectivity index (χ1n) is 7.06. The first-order chi connectivity index (χ1) is 9.43. The molecule has 1 heterocycles. The van der Waals surface area contributed by atoms with Crippen molar-refractivity contribution >= 4 is 22.8 Å². The van der Waals surface area contributed by atoms with Gasteiger partial charge in [-0.2, -0.15) is 0 Å². The number of hydrogen-bond donors (Lipinski definition) is 3. The molecule has 2 amide bonds. The highest BCUT2D eigenvalue weighted by molar-refractivity contribution is 7.85. The van der Waals surface area contributed by atoms with Crippen molar-refractivity contribution in [1.29, 1.82) is 0 Å². The van der Waals surface area contributed by atoms with Gasteiger partial charge >= 0.3 is 12.0 Å². The van der Waals surface area contributed by atoms with Crippen LogP contribution in [0.2, 0.25) is 0 Å². The van der Waals surface area contributed by atoms with Crippen LogP contribution in [0, 0.1) is 5.41 Å². The van der Waals surface area contributed by atoms with Crippen LogP contribution in [0.4, 0.5) is 4.79 Å². The zero-order valence-electron chi connectivity index (χ0n) is 12.1. The Morgan fingerprint density at radius 3 is 2.25 bits per heavy atom. The smallest absolute Gasteiger partial charge is 0.315 e. The van der Waals surface area contributed by atoms with Crippen LogP contribution in [-0.2, 0) is 15.6 Å². The third-order valence-corrected chi connectivity index (χ3v) is 5.50. The van der Waals surface area contributed by atoms with E-state index in [0.29, 0.717) is 37.2 Å². The topological polar surface area (TPSA) is 95.5 Å². The van der Waals surface area contributed by atoms with E-state index in [1.165, 1.54) is 0 Å². The maximum absolute atomic E-state index is 11.8. The van der Waals surface area contributed by atoms with Gasteiger partial charge in [-0.3, -0.25) is 9.00 Å². The molecule has 20 heavy (non-hydrogen) atoms. The number of aliphatic carboxylic acids is 1. The molecule has 0 aromatic carbocycles. The van der Waals surface area contributed by atoms with Gasteiger partial charge in [-0.05, 0) is 25.7 Å². The van der Waals surface area contributed by atoms with Crippen molar-refractivity contribution < 1.29 is 18.9 Å². The number of carboxylic acids is 1. The Kier molecular flexibility index (Phi) is 6.45. The van der Waals surface area contributed by atoms with Crippen molar-refractivity contribution in [3.8, 4) is 0 Å². The highest BCUT2D eigenvalue weighted by atomic mass is 32.2. The van der Waals surface area contributed by atoms with Gasteiger partial charge in [-0.25, -0.2) is 4.79 Å². The molecular formula is C13H24N2O4S. The third kappa shape index (κ3) is 4.47. The van der Waals surface area contributed by atoms with Gasteiger partial charge in [0.25, 0.3) is 0 Å². The monoisotopic (exact) mass is 304 g/mol. The van der Waals surface area contributed by atoms with Gasteiger partial charge in [-0.15, -0.1) is 0 Å². The van der Waals surface area contributed by atoms with Crippen molar-refractivity contribution in [2.75, 3.05) is 18.1 Å². The Hall–Kier alpha value is -1.11. The predicted molar refractivity (Wildman–Crippen MR) is 78.1 cm³/mol. The summed E-state index contributed by atoms with van der Waals surface area (Å²) in [7, 11) is -0.752. The fourth-order valence-corrected chi connectivity index (χ4v) is 3.60. The van der Waals surface area contributed by atoms with Gasteiger partial charge in [0.05, 0.1) is 5.41 Å². The van der Waals surface area contributed by atoms with Gasteiger partial charge in [0, 0.05) is 34.9 Å². The zero-order chi connectivity index (χ0) is 15.2. The molecule has 1 saturated heterocycles. The largest absolute Gasteiger partial charge is 0.481 e. The van der Waals surface area contributed by atoms with Crippen LogP contribution in [0.1, 0.15) is 39.5 Å². The Bertz CT molecular complexity index is 373. The lowest BCUT2D eigenvalue weighted by molar-refractivity contribution is -0.149. The molecule has 3 N–H and O–H groups in total. The van der Waals surface area contributed by atoms with Crippen molar-refractivity contribution in [2.24, 2.45) is 5.41 Å². The number of urea groups is 1. The Balaban J connectivity index is 2.42. The SMILES string of the molecule is CCC(CC)(CNC(=O)NC1CCS(=O)CC1)C(=O)O. The Labute approximate surface area is 122 Å². The highest BCUT2D eigenvalue weighted by Gasteiger charge is 2.35. The summed E-state index contributed by atoms with van der Waals surface area (Å²) in [6.45, 7) is 3.75. The molecule has 1 aliphatic heterocycles. The summed E-state index contributed by atoms with van der Waals surface area (Å²) < 4.78 is 11.2. The summed E-state index contributed by atoms with van der Waals surface area (Å²) in [5.41, 5.74) is -0.897. The van der Waals surface area contributed by atoms with Crippen molar-refractivity contribution in [3.63, 3.8) is 0 Å². The quantitative estimate of drug-likeness (QED) is 0.684. The van der Waals surface area contributed by atoms with Crippen LogP contribution in [0.25, 0.3) is 0 Å². The maximum atomic E-state index is 11.8. The molecule has 0 saturated carbocycles. The Morgan fingerprint density at radius 1 is 1.25 bits per heavy atom. The van der Waals surface area contributed by atoms with Crippen LogP contribution in [0.3, 0.4) is 0 Å². The second kappa shape index (κ2) is 7.61. The summed E-state index contributed by atoms with van der Waals surface area (Å²) in [6, 6.07) is -0.301. The van der Waals surface area contributed by atoms with Gasteiger partial charge in [-0.1, -0.05) is 13.8 Å². The lowest BCUT2D eigenvalue weighted by atomic mass is 9.82. The molecular weight excluding hydrogens is 280 g/mol. The first-order valence-corrected chi connectivity index (χ1v) is 8.55. The third-order valence-electron chi connectivity index (χ3n) is 4.12. The van der Waals surface area contributed by atoms with Crippen LogP contribution in [0.15, 0.2) is 0 Å². The van der Waals surface area contributed by atoms with Crippen molar-refractivity contribution in [2.45, 2.75) is 45.6 Å². The molecule has 0 unspecified atom stereocenters. The van der Waals surface area contributed by atoms with E-state index in [4.69, 9.17) is 0 Å². The molecule has 0 aliphatic carbocycles. The number of nitrogens with one attached hydrogen (secondary N) is 2. The number of amides is 2. The van der Waals surface area contributed by atoms with E-state index < -0.39 is 22.2 Å². The average molecular weight is 304 g/mol. The minimum Gasteiger partial charge on any atom is -0.481 e. The molecule has 1 rings (SSSR count). The molecule has 0 aromatic rings. The average Bonchev–Trinajstić information content (AvgIpc) is 2.43. The maximum Gasteiger partial charge on any atom is 0.315 e. The number of carbonyl (C=O) groups excluding carboxylic acids is 1. The fraction of sp³-hybridized carbons (Fsp3) is 0.846. The van der Waals surface area contributed by atoms with Crippen LogP contribution in [-0.4, -0.2) is 45.4 Å². The zero-order valence-corrected chi connectivity index (χ0v) is 12.9. The van der Waals surface area contributed by atoms with Crippen LogP contribution in [0.5, 0.6) is 0 Å². The minimum atomic E-state index is -0.897. The number of carboxylic acid groups (broad SMARTS) is 1. The van der Waals surface area contributed by atoms with Crippen molar-refractivity contribution in [1.82, 2.24) is 10.6 Å². The molecule has 0 atom stereocenters. The highest BCUT2D eigenvalue weighted by Crippen LogP contribution is 2.25. The fourth-order valence-electron chi connectivity index (χ4n) is 2.30. The summed E-state index contributed by atoms with van der Waals surface area (Å²) in [5, 5.41) is 14.8. The molecule has 1 fully saturated rings. The molecule has 116 valence electrons. The van der Waals surface area contributed by atoms with E-state index in [1.54, 1.807) is 0 Å². The summed E-state index contributed by atoms with van der Waals surface area (Å²) in [5.74, 6) is 0.359. The molecule has 7 heteroatoms.